The Morgan fingerprint density at radius 2 is 1.93 bits per heavy atom. The molecule has 8 heteroatoms. The van der Waals surface area contributed by atoms with Crippen molar-refractivity contribution in [3.05, 3.63) is 45.8 Å². The lowest BCUT2D eigenvalue weighted by molar-refractivity contribution is 0.0564. The third-order valence-corrected chi connectivity index (χ3v) is 6.87. The number of hydrogen-bond donors (Lipinski definition) is 1. The Balaban J connectivity index is 1.92. The minimum absolute atomic E-state index is 0.0421. The van der Waals surface area contributed by atoms with Crippen molar-refractivity contribution in [3.8, 4) is 21.8 Å². The maximum Gasteiger partial charge on any atom is 0.222 e. The van der Waals surface area contributed by atoms with E-state index >= 15 is 0 Å². The molecule has 0 unspecified atom stereocenters. The minimum Gasteiger partial charge on any atom is -0.398 e. The lowest BCUT2D eigenvalue weighted by atomic mass is 9.83. The molecule has 1 aromatic carbocycles. The second-order valence-electron chi connectivity index (χ2n) is 6.79. The smallest absolute Gasteiger partial charge is 0.222 e. The molecule has 2 N–H and O–H groups in total. The van der Waals surface area contributed by atoms with Gasteiger partial charge in [0.15, 0.2) is 0 Å². The zero-order chi connectivity index (χ0) is 19.0. The van der Waals surface area contributed by atoms with Gasteiger partial charge < -0.3 is 10.5 Å². The van der Waals surface area contributed by atoms with Crippen molar-refractivity contribution in [2.24, 2.45) is 0 Å². The topological polar surface area (TPSA) is 73.9 Å². The van der Waals surface area contributed by atoms with Crippen LogP contribution in [0.15, 0.2) is 30.5 Å². The summed E-state index contributed by atoms with van der Waals surface area (Å²) in [6.07, 6.45) is 3.49. The van der Waals surface area contributed by atoms with E-state index in [0.717, 1.165) is 52.9 Å². The molecule has 0 saturated carbocycles. The van der Waals surface area contributed by atoms with Crippen LogP contribution in [0.25, 0.3) is 21.8 Å². The van der Waals surface area contributed by atoms with Crippen LogP contribution < -0.4 is 5.73 Å². The number of halogens is 2. The largest absolute Gasteiger partial charge is 0.398 e. The molecular formula is C19H18Cl2N4OS. The van der Waals surface area contributed by atoms with E-state index in [1.54, 1.807) is 23.6 Å². The van der Waals surface area contributed by atoms with Crippen molar-refractivity contribution >= 4 is 40.2 Å². The number of thiazole rings is 1. The number of anilines is 1. The number of aromatic nitrogens is 3. The molecule has 0 aliphatic carbocycles. The summed E-state index contributed by atoms with van der Waals surface area (Å²) >= 11 is 14.2. The van der Waals surface area contributed by atoms with Crippen molar-refractivity contribution in [2.45, 2.75) is 25.2 Å². The Bertz CT molecular complexity index is 986. The maximum atomic E-state index is 6.51. The van der Waals surface area contributed by atoms with Gasteiger partial charge in [0.2, 0.25) is 5.28 Å². The van der Waals surface area contributed by atoms with Gasteiger partial charge in [-0.25, -0.2) is 15.0 Å². The molecule has 0 bridgehead atoms. The fourth-order valence-electron chi connectivity index (χ4n) is 3.16. The highest BCUT2D eigenvalue weighted by Gasteiger charge is 2.34. The standard InChI is InChI=1S/C19H18Cl2N4OS/c1-19(6-9-26-10-7-19)17-25-15(11-3-2-4-12(22)14(11)20)16(27-17)13-5-8-23-18(21)24-13/h2-5,8H,6-7,9-10,22H2,1H3. The first-order chi connectivity index (χ1) is 13.0. The molecule has 3 heterocycles. The van der Waals surface area contributed by atoms with E-state index in [1.165, 1.54) is 0 Å². The molecule has 1 fully saturated rings. The van der Waals surface area contributed by atoms with Crippen LogP contribution in [-0.4, -0.2) is 28.2 Å². The highest BCUT2D eigenvalue weighted by atomic mass is 35.5. The Hall–Kier alpha value is -1.73. The van der Waals surface area contributed by atoms with Crippen LogP contribution in [0, 0.1) is 0 Å². The summed E-state index contributed by atoms with van der Waals surface area (Å²) in [6, 6.07) is 7.41. The molecule has 0 radical (unpaired) electrons. The van der Waals surface area contributed by atoms with Gasteiger partial charge in [-0.15, -0.1) is 11.3 Å². The summed E-state index contributed by atoms with van der Waals surface area (Å²) in [5.41, 5.74) is 8.79. The highest BCUT2D eigenvalue weighted by Crippen LogP contribution is 2.45. The van der Waals surface area contributed by atoms with Crippen molar-refractivity contribution in [1.29, 1.82) is 0 Å². The van der Waals surface area contributed by atoms with Gasteiger partial charge in [-0.1, -0.05) is 30.7 Å². The van der Waals surface area contributed by atoms with E-state index in [4.69, 9.17) is 38.7 Å². The molecule has 1 aliphatic heterocycles. The quantitative estimate of drug-likeness (QED) is 0.463. The van der Waals surface area contributed by atoms with E-state index in [2.05, 4.69) is 16.9 Å². The van der Waals surface area contributed by atoms with Gasteiger partial charge in [0.1, 0.15) is 0 Å². The van der Waals surface area contributed by atoms with Gasteiger partial charge >= 0.3 is 0 Å². The SMILES string of the molecule is CC1(c2nc(-c3cccc(N)c3Cl)c(-c3ccnc(Cl)n3)s2)CCOCC1. The first-order valence-electron chi connectivity index (χ1n) is 8.60. The zero-order valence-electron chi connectivity index (χ0n) is 14.7. The number of nitrogens with zero attached hydrogens (tertiary/aromatic N) is 3. The highest BCUT2D eigenvalue weighted by molar-refractivity contribution is 7.15. The number of rotatable bonds is 3. The molecule has 4 rings (SSSR count). The van der Waals surface area contributed by atoms with Gasteiger partial charge in [-0.05, 0) is 36.6 Å². The van der Waals surface area contributed by atoms with Crippen LogP contribution in [0.5, 0.6) is 0 Å². The molecule has 2 aromatic heterocycles. The van der Waals surface area contributed by atoms with Gasteiger partial charge in [0.05, 0.1) is 32.0 Å². The molecule has 3 aromatic rings. The number of ether oxygens (including phenoxy) is 1. The zero-order valence-corrected chi connectivity index (χ0v) is 17.0. The predicted octanol–water partition coefficient (Wildman–Crippen LogP) is 5.22. The summed E-state index contributed by atoms with van der Waals surface area (Å²) < 4.78 is 5.54. The monoisotopic (exact) mass is 420 g/mol. The van der Waals surface area contributed by atoms with Gasteiger partial charge in [0.25, 0.3) is 0 Å². The number of benzene rings is 1. The molecule has 0 amide bonds. The third-order valence-electron chi connectivity index (χ3n) is 4.88. The Kier molecular flexibility index (Phi) is 5.07. The van der Waals surface area contributed by atoms with E-state index in [9.17, 15) is 0 Å². The molecule has 1 saturated heterocycles. The van der Waals surface area contributed by atoms with Crippen molar-refractivity contribution in [3.63, 3.8) is 0 Å². The average molecular weight is 421 g/mol. The maximum absolute atomic E-state index is 6.51. The van der Waals surface area contributed by atoms with E-state index in [1.807, 2.05) is 18.2 Å². The number of nitrogens with two attached hydrogens (primary N) is 1. The Morgan fingerprint density at radius 1 is 1.15 bits per heavy atom. The molecule has 5 nitrogen and oxygen atoms in total. The van der Waals surface area contributed by atoms with Gasteiger partial charge in [0, 0.05) is 30.4 Å². The van der Waals surface area contributed by atoms with Crippen LogP contribution in [-0.2, 0) is 10.2 Å². The second kappa shape index (κ2) is 7.36. The average Bonchev–Trinajstić information content (AvgIpc) is 3.11. The van der Waals surface area contributed by atoms with Crippen LogP contribution in [0.4, 0.5) is 5.69 Å². The fraction of sp³-hybridized carbons (Fsp3) is 0.316. The van der Waals surface area contributed by atoms with Crippen LogP contribution in [0.2, 0.25) is 10.3 Å². The first-order valence-corrected chi connectivity index (χ1v) is 10.2. The van der Waals surface area contributed by atoms with Crippen LogP contribution in [0.1, 0.15) is 24.8 Å². The first kappa shape index (κ1) is 18.6. The third kappa shape index (κ3) is 3.55. The molecule has 0 atom stereocenters. The van der Waals surface area contributed by atoms with Crippen molar-refractivity contribution < 1.29 is 4.74 Å². The van der Waals surface area contributed by atoms with Crippen LogP contribution in [0.3, 0.4) is 0 Å². The number of hydrogen-bond acceptors (Lipinski definition) is 6. The van der Waals surface area contributed by atoms with E-state index in [-0.39, 0.29) is 10.7 Å². The van der Waals surface area contributed by atoms with Gasteiger partial charge in [-0.3, -0.25) is 0 Å². The van der Waals surface area contributed by atoms with E-state index in [0.29, 0.717) is 10.7 Å². The van der Waals surface area contributed by atoms with E-state index < -0.39 is 0 Å². The molecule has 140 valence electrons. The fourth-order valence-corrected chi connectivity index (χ4v) is 4.78. The molecule has 27 heavy (non-hydrogen) atoms. The summed E-state index contributed by atoms with van der Waals surface area (Å²) in [6.45, 7) is 3.70. The Morgan fingerprint density at radius 3 is 2.67 bits per heavy atom. The summed E-state index contributed by atoms with van der Waals surface area (Å²) in [5, 5.41) is 1.74. The van der Waals surface area contributed by atoms with Gasteiger partial charge in [-0.2, -0.15) is 0 Å². The summed E-state index contributed by atoms with van der Waals surface area (Å²) in [7, 11) is 0. The molecule has 1 aliphatic rings. The van der Waals surface area contributed by atoms with Crippen molar-refractivity contribution in [2.75, 3.05) is 18.9 Å². The summed E-state index contributed by atoms with van der Waals surface area (Å²) in [4.78, 5) is 14.3. The minimum atomic E-state index is -0.0421. The normalized spacial score (nSPS) is 16.4. The van der Waals surface area contributed by atoms with Crippen LogP contribution >= 0.6 is 34.5 Å². The Labute approximate surface area is 171 Å². The second-order valence-corrected chi connectivity index (χ2v) is 8.50. The lowest BCUT2D eigenvalue weighted by Crippen LogP contribution is -2.30. The van der Waals surface area contributed by atoms with Crippen molar-refractivity contribution in [1.82, 2.24) is 15.0 Å². The lowest BCUT2D eigenvalue weighted by Gasteiger charge is -2.31. The summed E-state index contributed by atoms with van der Waals surface area (Å²) in [5.74, 6) is 0. The molecular weight excluding hydrogens is 403 g/mol. The number of nitrogen functional groups attached to an aromatic ring is 1. The predicted molar refractivity (Wildman–Crippen MR) is 110 cm³/mol. The molecule has 0 spiro atoms.